The Morgan fingerprint density at radius 3 is 2.26 bits per heavy atom. The molecule has 0 spiro atoms. The lowest BCUT2D eigenvalue weighted by Gasteiger charge is -2.21. The van der Waals surface area contributed by atoms with Gasteiger partial charge in [-0.25, -0.2) is 9.18 Å². The Kier molecular flexibility index (Phi) is 5.53. The fourth-order valence-corrected chi connectivity index (χ4v) is 3.66. The molecule has 1 N–H and O–H groups in total. The van der Waals surface area contributed by atoms with Crippen molar-refractivity contribution in [1.82, 2.24) is 4.90 Å². The quantitative estimate of drug-likeness (QED) is 0.626. The van der Waals surface area contributed by atoms with Crippen LogP contribution < -0.4 is 5.32 Å². The number of nitrogens with zero attached hydrogens (tertiary/aromatic N) is 1. The predicted molar refractivity (Wildman–Crippen MR) is 92.8 cm³/mol. The van der Waals surface area contributed by atoms with E-state index in [1.54, 1.807) is 0 Å². The SMILES string of the molecule is C[C@@H](C(=O)OCC(=O)Nc1ccc(F)cc1)N1C(=O)[C@H]2CCCC[C@H]2C1=O. The van der Waals surface area contributed by atoms with Crippen LogP contribution in [0.5, 0.6) is 0 Å². The summed E-state index contributed by atoms with van der Waals surface area (Å²) in [6.07, 6.45) is 3.12. The first-order valence-electron chi connectivity index (χ1n) is 8.97. The molecule has 3 amide bonds. The lowest BCUT2D eigenvalue weighted by atomic mass is 9.81. The maximum atomic E-state index is 12.8. The number of likely N-dealkylation sites (tertiary alicyclic amines) is 1. The molecule has 0 aromatic heterocycles. The molecule has 144 valence electrons. The Hall–Kier alpha value is -2.77. The van der Waals surface area contributed by atoms with E-state index in [-0.39, 0.29) is 23.7 Å². The van der Waals surface area contributed by atoms with E-state index < -0.39 is 30.3 Å². The third-order valence-electron chi connectivity index (χ3n) is 5.08. The van der Waals surface area contributed by atoms with Gasteiger partial charge >= 0.3 is 5.97 Å². The number of rotatable bonds is 5. The minimum absolute atomic E-state index is 0.329. The third-order valence-corrected chi connectivity index (χ3v) is 5.08. The van der Waals surface area contributed by atoms with Crippen LogP contribution in [0.25, 0.3) is 0 Å². The maximum absolute atomic E-state index is 12.8. The molecular weight excluding hydrogens is 355 g/mol. The summed E-state index contributed by atoms with van der Waals surface area (Å²) in [5.41, 5.74) is 0.361. The topological polar surface area (TPSA) is 92.8 Å². The summed E-state index contributed by atoms with van der Waals surface area (Å²) < 4.78 is 17.8. The van der Waals surface area contributed by atoms with Crippen molar-refractivity contribution in [3.63, 3.8) is 0 Å². The minimum Gasteiger partial charge on any atom is -0.454 e. The number of hydrogen-bond acceptors (Lipinski definition) is 5. The van der Waals surface area contributed by atoms with E-state index in [4.69, 9.17) is 4.74 Å². The summed E-state index contributed by atoms with van der Waals surface area (Å²) in [4.78, 5) is 50.0. The summed E-state index contributed by atoms with van der Waals surface area (Å²) >= 11 is 0. The number of imide groups is 1. The van der Waals surface area contributed by atoms with Crippen LogP contribution in [0.2, 0.25) is 0 Å². The van der Waals surface area contributed by atoms with Gasteiger partial charge in [-0.15, -0.1) is 0 Å². The molecule has 2 fully saturated rings. The van der Waals surface area contributed by atoms with E-state index in [2.05, 4.69) is 5.32 Å². The van der Waals surface area contributed by atoms with Crippen LogP contribution >= 0.6 is 0 Å². The first kappa shape index (κ1) is 19.0. The van der Waals surface area contributed by atoms with Crippen LogP contribution in [0.3, 0.4) is 0 Å². The number of carbonyl (C=O) groups excluding carboxylic acids is 4. The summed E-state index contributed by atoms with van der Waals surface area (Å²) in [5, 5.41) is 2.46. The molecule has 1 aliphatic heterocycles. The molecule has 1 saturated carbocycles. The highest BCUT2D eigenvalue weighted by atomic mass is 19.1. The molecule has 27 heavy (non-hydrogen) atoms. The van der Waals surface area contributed by atoms with Crippen LogP contribution in [-0.4, -0.2) is 41.2 Å². The monoisotopic (exact) mass is 376 g/mol. The van der Waals surface area contributed by atoms with Crippen molar-refractivity contribution >= 4 is 29.4 Å². The van der Waals surface area contributed by atoms with Gasteiger partial charge in [-0.05, 0) is 44.0 Å². The predicted octanol–water partition coefficient (Wildman–Crippen LogP) is 1.87. The van der Waals surface area contributed by atoms with Crippen molar-refractivity contribution < 1.29 is 28.3 Å². The Morgan fingerprint density at radius 1 is 1.15 bits per heavy atom. The number of nitrogens with one attached hydrogen (secondary N) is 1. The summed E-state index contributed by atoms with van der Waals surface area (Å²) in [7, 11) is 0. The van der Waals surface area contributed by atoms with E-state index in [9.17, 15) is 23.6 Å². The van der Waals surface area contributed by atoms with Crippen LogP contribution in [0, 0.1) is 17.7 Å². The van der Waals surface area contributed by atoms with Crippen molar-refractivity contribution in [2.24, 2.45) is 11.8 Å². The van der Waals surface area contributed by atoms with E-state index in [0.29, 0.717) is 18.5 Å². The Labute approximate surface area is 155 Å². The molecule has 0 bridgehead atoms. The first-order chi connectivity index (χ1) is 12.9. The second-order valence-electron chi connectivity index (χ2n) is 6.88. The first-order valence-corrected chi connectivity index (χ1v) is 8.97. The van der Waals surface area contributed by atoms with Gasteiger partial charge in [0.25, 0.3) is 5.91 Å². The number of fused-ring (bicyclic) bond motifs is 1. The molecule has 8 heteroatoms. The molecule has 1 aromatic rings. The van der Waals surface area contributed by atoms with Crippen LogP contribution in [0.15, 0.2) is 24.3 Å². The highest BCUT2D eigenvalue weighted by Gasteiger charge is 2.51. The molecule has 7 nitrogen and oxygen atoms in total. The zero-order chi connectivity index (χ0) is 19.6. The van der Waals surface area contributed by atoms with Crippen LogP contribution in [0.1, 0.15) is 32.6 Å². The molecular formula is C19H21FN2O5. The largest absolute Gasteiger partial charge is 0.454 e. The van der Waals surface area contributed by atoms with Crippen molar-refractivity contribution in [1.29, 1.82) is 0 Å². The van der Waals surface area contributed by atoms with E-state index in [1.165, 1.54) is 31.2 Å². The molecule has 1 aliphatic carbocycles. The zero-order valence-corrected chi connectivity index (χ0v) is 14.9. The molecule has 3 atom stereocenters. The zero-order valence-electron chi connectivity index (χ0n) is 14.9. The number of amides is 3. The molecule has 0 unspecified atom stereocenters. The Bertz CT molecular complexity index is 740. The third kappa shape index (κ3) is 3.99. The van der Waals surface area contributed by atoms with Gasteiger partial charge in [0, 0.05) is 5.69 Å². The van der Waals surface area contributed by atoms with Crippen LogP contribution in [0.4, 0.5) is 10.1 Å². The standard InChI is InChI=1S/C19H21FN2O5/c1-11(22-17(24)14-4-2-3-5-15(14)18(22)25)19(26)27-10-16(23)21-13-8-6-12(20)7-9-13/h6-9,11,14-15H,2-5,10H2,1H3,(H,21,23)/t11-,14-,15+/m0/s1. The van der Waals surface area contributed by atoms with Crippen molar-refractivity contribution in [3.8, 4) is 0 Å². The lowest BCUT2D eigenvalue weighted by Crippen LogP contribution is -2.45. The second-order valence-corrected chi connectivity index (χ2v) is 6.88. The van der Waals surface area contributed by atoms with E-state index in [1.807, 2.05) is 0 Å². The summed E-state index contributed by atoms with van der Waals surface area (Å²) in [6, 6.07) is 4.05. The number of anilines is 1. The van der Waals surface area contributed by atoms with Gasteiger partial charge in [-0.2, -0.15) is 0 Å². The lowest BCUT2D eigenvalue weighted by molar-refractivity contribution is -0.159. The van der Waals surface area contributed by atoms with Gasteiger partial charge in [-0.1, -0.05) is 12.8 Å². The normalized spacial score (nSPS) is 23.0. The average molecular weight is 376 g/mol. The highest BCUT2D eigenvalue weighted by molar-refractivity contribution is 6.08. The summed E-state index contributed by atoms with van der Waals surface area (Å²) in [5.74, 6) is -3.20. The molecule has 3 rings (SSSR count). The van der Waals surface area contributed by atoms with Crippen molar-refractivity contribution in [3.05, 3.63) is 30.1 Å². The van der Waals surface area contributed by atoms with E-state index >= 15 is 0 Å². The maximum Gasteiger partial charge on any atom is 0.329 e. The smallest absolute Gasteiger partial charge is 0.329 e. The summed E-state index contributed by atoms with van der Waals surface area (Å²) in [6.45, 7) is 0.858. The van der Waals surface area contributed by atoms with Gasteiger partial charge in [0.05, 0.1) is 11.8 Å². The highest BCUT2D eigenvalue weighted by Crippen LogP contribution is 2.38. The molecule has 1 aromatic carbocycles. The number of benzene rings is 1. The van der Waals surface area contributed by atoms with Gasteiger partial charge in [0.2, 0.25) is 11.8 Å². The molecule has 1 heterocycles. The second kappa shape index (κ2) is 7.85. The Morgan fingerprint density at radius 2 is 1.70 bits per heavy atom. The number of esters is 1. The van der Waals surface area contributed by atoms with Gasteiger partial charge < -0.3 is 10.1 Å². The minimum atomic E-state index is -1.07. The van der Waals surface area contributed by atoms with Gasteiger partial charge in [0.1, 0.15) is 11.9 Å². The molecule has 1 saturated heterocycles. The van der Waals surface area contributed by atoms with Crippen LogP contribution in [-0.2, 0) is 23.9 Å². The molecule has 2 aliphatic rings. The fraction of sp³-hybridized carbons (Fsp3) is 0.474. The van der Waals surface area contributed by atoms with E-state index in [0.717, 1.165) is 17.7 Å². The molecule has 0 radical (unpaired) electrons. The fourth-order valence-electron chi connectivity index (χ4n) is 3.66. The van der Waals surface area contributed by atoms with Crippen molar-refractivity contribution in [2.75, 3.05) is 11.9 Å². The number of hydrogen-bond donors (Lipinski definition) is 1. The Balaban J connectivity index is 1.54. The number of halogens is 1. The number of carbonyl (C=O) groups is 4. The number of ether oxygens (including phenoxy) is 1. The van der Waals surface area contributed by atoms with Gasteiger partial charge in [0.15, 0.2) is 6.61 Å². The van der Waals surface area contributed by atoms with Gasteiger partial charge in [-0.3, -0.25) is 19.3 Å². The van der Waals surface area contributed by atoms with Crippen molar-refractivity contribution in [2.45, 2.75) is 38.6 Å². The average Bonchev–Trinajstić information content (AvgIpc) is 2.92.